The normalized spacial score (nSPS) is 12.4. The number of aryl methyl sites for hydroxylation is 2. The summed E-state index contributed by atoms with van der Waals surface area (Å²) in [6.45, 7) is 4.32. The zero-order valence-electron chi connectivity index (χ0n) is 10.6. The molecular weight excluding hydrogens is 352 g/mol. The molecule has 0 nitrogen and oxygen atoms in total. The topological polar surface area (TPSA) is 0 Å². The van der Waals surface area contributed by atoms with E-state index in [0.29, 0.717) is 4.83 Å². The van der Waals surface area contributed by atoms with Gasteiger partial charge in [0.05, 0.1) is 0 Å². The summed E-state index contributed by atoms with van der Waals surface area (Å²) in [4.78, 5) is 0.358. The van der Waals surface area contributed by atoms with Crippen LogP contribution in [0.15, 0.2) is 46.9 Å². The monoisotopic (exact) mass is 366 g/mol. The van der Waals surface area contributed by atoms with Crippen LogP contribution in [0, 0.1) is 13.8 Å². The molecule has 0 bridgehead atoms. The van der Waals surface area contributed by atoms with Crippen molar-refractivity contribution in [1.29, 1.82) is 0 Å². The van der Waals surface area contributed by atoms with Gasteiger partial charge < -0.3 is 0 Å². The van der Waals surface area contributed by atoms with Crippen LogP contribution in [0.25, 0.3) is 0 Å². The van der Waals surface area contributed by atoms with Crippen LogP contribution < -0.4 is 0 Å². The van der Waals surface area contributed by atoms with Crippen molar-refractivity contribution < 1.29 is 0 Å². The predicted octanol–water partition coefficient (Wildman–Crippen LogP) is 5.74. The van der Waals surface area contributed by atoms with Crippen molar-refractivity contribution in [3.05, 3.63) is 69.2 Å². The van der Waals surface area contributed by atoms with Crippen LogP contribution in [0.5, 0.6) is 0 Å². The van der Waals surface area contributed by atoms with Gasteiger partial charge >= 0.3 is 0 Å². The number of halogens is 2. The first-order valence-corrected chi connectivity index (χ1v) is 7.73. The molecule has 0 aliphatic carbocycles. The molecule has 94 valence electrons. The molecule has 0 N–H and O–H groups in total. The Morgan fingerprint density at radius 3 is 2.44 bits per heavy atom. The van der Waals surface area contributed by atoms with Crippen LogP contribution in [0.3, 0.4) is 0 Å². The van der Waals surface area contributed by atoms with Crippen molar-refractivity contribution in [2.45, 2.75) is 25.1 Å². The van der Waals surface area contributed by atoms with Gasteiger partial charge in [0.1, 0.15) is 0 Å². The van der Waals surface area contributed by atoms with Crippen LogP contribution in [-0.2, 0) is 6.42 Å². The third-order valence-corrected chi connectivity index (χ3v) is 4.54. The number of rotatable bonds is 3. The van der Waals surface area contributed by atoms with Crippen molar-refractivity contribution >= 4 is 31.9 Å². The maximum Gasteiger partial charge on any atom is 0.0436 e. The lowest BCUT2D eigenvalue weighted by atomic mass is 10.0. The lowest BCUT2D eigenvalue weighted by Crippen LogP contribution is -1.96. The molecule has 0 aromatic heterocycles. The SMILES string of the molecule is Cc1ccc(CC(Br)c2cccc(Br)c2)cc1C. The molecule has 2 heteroatoms. The Morgan fingerprint density at radius 2 is 1.78 bits per heavy atom. The van der Waals surface area contributed by atoms with Gasteiger partial charge in [0.15, 0.2) is 0 Å². The fourth-order valence-electron chi connectivity index (χ4n) is 1.96. The number of benzene rings is 2. The standard InChI is InChI=1S/C16H16Br2/c1-11-6-7-13(8-12(11)2)9-16(18)14-4-3-5-15(17)10-14/h3-8,10,16H,9H2,1-2H3. The van der Waals surface area contributed by atoms with E-state index in [1.54, 1.807) is 0 Å². The first-order valence-electron chi connectivity index (χ1n) is 6.02. The molecule has 0 spiro atoms. The highest BCUT2D eigenvalue weighted by molar-refractivity contribution is 9.10. The predicted molar refractivity (Wildman–Crippen MR) is 85.4 cm³/mol. The van der Waals surface area contributed by atoms with Gasteiger partial charge in [-0.2, -0.15) is 0 Å². The second kappa shape index (κ2) is 6.03. The van der Waals surface area contributed by atoms with Crippen LogP contribution in [0.2, 0.25) is 0 Å². The molecule has 0 aliphatic heterocycles. The second-order valence-corrected chi connectivity index (χ2v) is 6.67. The van der Waals surface area contributed by atoms with Crippen LogP contribution >= 0.6 is 31.9 Å². The lowest BCUT2D eigenvalue weighted by Gasteiger charge is -2.12. The van der Waals surface area contributed by atoms with Crippen molar-refractivity contribution in [3.8, 4) is 0 Å². The molecule has 2 rings (SSSR count). The molecule has 1 atom stereocenters. The summed E-state index contributed by atoms with van der Waals surface area (Å²) in [7, 11) is 0. The maximum absolute atomic E-state index is 3.78. The van der Waals surface area contributed by atoms with Gasteiger partial charge in [-0.3, -0.25) is 0 Å². The van der Waals surface area contributed by atoms with Gasteiger partial charge in [0.25, 0.3) is 0 Å². The molecule has 0 radical (unpaired) electrons. The zero-order valence-corrected chi connectivity index (χ0v) is 13.8. The first-order chi connectivity index (χ1) is 8.56. The van der Waals surface area contributed by atoms with Crippen molar-refractivity contribution in [2.24, 2.45) is 0 Å². The van der Waals surface area contributed by atoms with Crippen LogP contribution in [0.1, 0.15) is 27.1 Å². The summed E-state index contributed by atoms with van der Waals surface area (Å²) in [6, 6.07) is 15.2. The van der Waals surface area contributed by atoms with Gasteiger partial charge in [-0.1, -0.05) is 62.2 Å². The maximum atomic E-state index is 3.78. The average molecular weight is 368 g/mol. The van der Waals surface area contributed by atoms with E-state index in [1.165, 1.54) is 22.3 Å². The molecule has 0 heterocycles. The van der Waals surface area contributed by atoms with E-state index in [9.17, 15) is 0 Å². The summed E-state index contributed by atoms with van der Waals surface area (Å²) >= 11 is 7.30. The van der Waals surface area contributed by atoms with E-state index in [4.69, 9.17) is 0 Å². The van der Waals surface area contributed by atoms with Gasteiger partial charge in [0.2, 0.25) is 0 Å². The molecule has 0 aliphatic rings. The summed E-state index contributed by atoms with van der Waals surface area (Å²) in [6.07, 6.45) is 1.01. The molecule has 0 fully saturated rings. The lowest BCUT2D eigenvalue weighted by molar-refractivity contribution is 0.944. The van der Waals surface area contributed by atoms with Crippen LogP contribution in [-0.4, -0.2) is 0 Å². The number of hydrogen-bond donors (Lipinski definition) is 0. The third-order valence-electron chi connectivity index (χ3n) is 3.20. The minimum absolute atomic E-state index is 0.358. The number of alkyl halides is 1. The molecule has 0 saturated carbocycles. The largest absolute Gasteiger partial charge is 0.0835 e. The van der Waals surface area contributed by atoms with E-state index >= 15 is 0 Å². The van der Waals surface area contributed by atoms with Crippen molar-refractivity contribution in [1.82, 2.24) is 0 Å². The van der Waals surface area contributed by atoms with Gasteiger partial charge in [0, 0.05) is 9.30 Å². The molecule has 0 amide bonds. The Balaban J connectivity index is 2.16. The smallest absolute Gasteiger partial charge is 0.0436 e. The Kier molecular flexibility index (Phi) is 4.63. The highest BCUT2D eigenvalue weighted by Gasteiger charge is 2.09. The fraction of sp³-hybridized carbons (Fsp3) is 0.250. The first kappa shape index (κ1) is 13.8. The highest BCUT2D eigenvalue weighted by Crippen LogP contribution is 2.29. The Labute approximate surface area is 126 Å². The summed E-state index contributed by atoms with van der Waals surface area (Å²) < 4.78 is 1.13. The van der Waals surface area contributed by atoms with E-state index in [1.807, 2.05) is 0 Å². The average Bonchev–Trinajstić information content (AvgIpc) is 2.34. The summed E-state index contributed by atoms with van der Waals surface area (Å²) in [5.41, 5.74) is 5.40. The van der Waals surface area contributed by atoms with E-state index in [2.05, 4.69) is 88.2 Å². The minimum atomic E-state index is 0.358. The molecule has 2 aromatic rings. The van der Waals surface area contributed by atoms with Crippen LogP contribution in [0.4, 0.5) is 0 Å². The molecular formula is C16H16Br2. The zero-order chi connectivity index (χ0) is 13.1. The quantitative estimate of drug-likeness (QED) is 0.606. The minimum Gasteiger partial charge on any atom is -0.0835 e. The second-order valence-electron chi connectivity index (χ2n) is 4.65. The molecule has 0 saturated heterocycles. The van der Waals surface area contributed by atoms with E-state index in [-0.39, 0.29) is 0 Å². The summed E-state index contributed by atoms with van der Waals surface area (Å²) in [5, 5.41) is 0. The Hall–Kier alpha value is -0.600. The Bertz CT molecular complexity index is 547. The van der Waals surface area contributed by atoms with Gasteiger partial charge in [-0.15, -0.1) is 0 Å². The molecule has 2 aromatic carbocycles. The van der Waals surface area contributed by atoms with E-state index in [0.717, 1.165) is 10.9 Å². The Morgan fingerprint density at radius 1 is 1.00 bits per heavy atom. The van der Waals surface area contributed by atoms with E-state index < -0.39 is 0 Å². The van der Waals surface area contributed by atoms with Crippen molar-refractivity contribution in [2.75, 3.05) is 0 Å². The summed E-state index contributed by atoms with van der Waals surface area (Å²) in [5.74, 6) is 0. The highest BCUT2D eigenvalue weighted by atomic mass is 79.9. The fourth-order valence-corrected chi connectivity index (χ4v) is 3.03. The third kappa shape index (κ3) is 3.46. The molecule has 1 unspecified atom stereocenters. The number of hydrogen-bond acceptors (Lipinski definition) is 0. The van der Waals surface area contributed by atoms with Crippen molar-refractivity contribution in [3.63, 3.8) is 0 Å². The van der Waals surface area contributed by atoms with Gasteiger partial charge in [-0.25, -0.2) is 0 Å². The molecule has 18 heavy (non-hydrogen) atoms. The van der Waals surface area contributed by atoms with Gasteiger partial charge in [-0.05, 0) is 54.7 Å².